The van der Waals surface area contributed by atoms with E-state index in [9.17, 15) is 4.79 Å². The number of carbonyl (C=O) groups is 1. The molecule has 1 aliphatic heterocycles. The van der Waals surface area contributed by atoms with Crippen LogP contribution in [0.1, 0.15) is 25.0 Å². The van der Waals surface area contributed by atoms with E-state index < -0.39 is 0 Å². The van der Waals surface area contributed by atoms with E-state index in [0.29, 0.717) is 6.61 Å². The number of ether oxygens (including phenoxy) is 2. The molecule has 1 aliphatic rings. The van der Waals surface area contributed by atoms with Gasteiger partial charge in [0.1, 0.15) is 24.2 Å². The molecule has 0 fully saturated rings. The van der Waals surface area contributed by atoms with Crippen LogP contribution in [0.5, 0.6) is 11.5 Å². The first-order valence-corrected chi connectivity index (χ1v) is 9.92. The first-order valence-electron chi connectivity index (χ1n) is 9.92. The standard InChI is InChI=1S/C25H25NO3/c1-17(26-18(2)27)24-15-22-9-8-21(14-25(22)29-24)20-10-12-23(13-11-20)28-16-19-6-4-3-5-7-19/h3-14,17,24H,15-16H2,1-2H3,(H,26,27)/t17-,24+/m1/s1. The van der Waals surface area contributed by atoms with Crippen LogP contribution < -0.4 is 14.8 Å². The molecule has 0 aliphatic carbocycles. The van der Waals surface area contributed by atoms with Crippen LogP contribution in [0.15, 0.2) is 72.8 Å². The van der Waals surface area contributed by atoms with Gasteiger partial charge in [0.05, 0.1) is 6.04 Å². The fourth-order valence-corrected chi connectivity index (χ4v) is 3.61. The molecule has 3 aromatic rings. The first-order chi connectivity index (χ1) is 14.1. The minimum atomic E-state index is -0.0349. The van der Waals surface area contributed by atoms with Crippen molar-refractivity contribution in [3.63, 3.8) is 0 Å². The summed E-state index contributed by atoms with van der Waals surface area (Å²) < 4.78 is 12.0. The average molecular weight is 387 g/mol. The topological polar surface area (TPSA) is 47.6 Å². The number of nitrogens with one attached hydrogen (secondary N) is 1. The van der Waals surface area contributed by atoms with Gasteiger partial charge in [-0.25, -0.2) is 0 Å². The van der Waals surface area contributed by atoms with E-state index in [-0.39, 0.29) is 18.1 Å². The van der Waals surface area contributed by atoms with Crippen LogP contribution >= 0.6 is 0 Å². The molecule has 3 aromatic carbocycles. The van der Waals surface area contributed by atoms with Crippen molar-refractivity contribution in [3.8, 4) is 22.6 Å². The fraction of sp³-hybridized carbons (Fsp3) is 0.240. The summed E-state index contributed by atoms with van der Waals surface area (Å²) in [5.41, 5.74) is 4.54. The van der Waals surface area contributed by atoms with Gasteiger partial charge in [-0.15, -0.1) is 0 Å². The Balaban J connectivity index is 1.42. The van der Waals surface area contributed by atoms with Crippen LogP contribution in [0.25, 0.3) is 11.1 Å². The molecular formula is C25H25NO3. The Morgan fingerprint density at radius 3 is 2.52 bits per heavy atom. The van der Waals surface area contributed by atoms with Crippen LogP contribution in [-0.2, 0) is 17.8 Å². The average Bonchev–Trinajstić information content (AvgIpc) is 3.16. The molecule has 4 heteroatoms. The van der Waals surface area contributed by atoms with Gasteiger partial charge in [0.15, 0.2) is 0 Å². The van der Waals surface area contributed by atoms with E-state index in [2.05, 4.69) is 47.8 Å². The number of hydrogen-bond donors (Lipinski definition) is 1. The van der Waals surface area contributed by atoms with Crippen molar-refractivity contribution in [3.05, 3.63) is 83.9 Å². The monoisotopic (exact) mass is 387 g/mol. The van der Waals surface area contributed by atoms with Gasteiger partial charge in [0.25, 0.3) is 0 Å². The second-order valence-corrected chi connectivity index (χ2v) is 7.47. The SMILES string of the molecule is CC(=O)N[C@H](C)[C@@H]1Cc2ccc(-c3ccc(OCc4ccccc4)cc3)cc2O1. The van der Waals surface area contributed by atoms with Crippen LogP contribution in [-0.4, -0.2) is 18.1 Å². The Morgan fingerprint density at radius 2 is 1.79 bits per heavy atom. The molecule has 1 amide bonds. The van der Waals surface area contributed by atoms with Crippen molar-refractivity contribution in [1.82, 2.24) is 5.32 Å². The van der Waals surface area contributed by atoms with Gasteiger partial charge in [0, 0.05) is 13.3 Å². The maximum absolute atomic E-state index is 11.3. The Hall–Kier alpha value is -3.27. The number of carbonyl (C=O) groups excluding carboxylic acids is 1. The van der Waals surface area contributed by atoms with Gasteiger partial charge in [-0.2, -0.15) is 0 Å². The summed E-state index contributed by atoms with van der Waals surface area (Å²) in [6, 6.07) is 24.5. The van der Waals surface area contributed by atoms with E-state index in [4.69, 9.17) is 9.47 Å². The summed E-state index contributed by atoms with van der Waals surface area (Å²) in [6.07, 6.45) is 0.779. The highest BCUT2D eigenvalue weighted by Gasteiger charge is 2.28. The van der Waals surface area contributed by atoms with Crippen molar-refractivity contribution >= 4 is 5.91 Å². The largest absolute Gasteiger partial charge is 0.489 e. The van der Waals surface area contributed by atoms with Crippen molar-refractivity contribution < 1.29 is 14.3 Å². The van der Waals surface area contributed by atoms with Gasteiger partial charge in [-0.1, -0.05) is 54.6 Å². The summed E-state index contributed by atoms with van der Waals surface area (Å²) in [4.78, 5) is 11.3. The number of rotatable bonds is 6. The van der Waals surface area contributed by atoms with Crippen molar-refractivity contribution in [2.75, 3.05) is 0 Å². The summed E-state index contributed by atoms with van der Waals surface area (Å²) in [6.45, 7) is 4.07. The summed E-state index contributed by atoms with van der Waals surface area (Å²) in [5.74, 6) is 1.71. The highest BCUT2D eigenvalue weighted by atomic mass is 16.5. The van der Waals surface area contributed by atoms with Gasteiger partial charge < -0.3 is 14.8 Å². The molecule has 4 nitrogen and oxygen atoms in total. The lowest BCUT2D eigenvalue weighted by Gasteiger charge is -2.19. The van der Waals surface area contributed by atoms with E-state index in [1.807, 2.05) is 37.3 Å². The zero-order valence-corrected chi connectivity index (χ0v) is 16.7. The molecule has 1 heterocycles. The quantitative estimate of drug-likeness (QED) is 0.663. The normalized spacial score (nSPS) is 15.9. The van der Waals surface area contributed by atoms with Crippen LogP contribution in [0.4, 0.5) is 0 Å². The molecule has 29 heavy (non-hydrogen) atoms. The molecule has 4 rings (SSSR count). The molecule has 0 spiro atoms. The third kappa shape index (κ3) is 4.60. The Bertz CT molecular complexity index is 983. The third-order valence-electron chi connectivity index (χ3n) is 5.19. The zero-order chi connectivity index (χ0) is 20.2. The van der Waals surface area contributed by atoms with Crippen LogP contribution in [0.2, 0.25) is 0 Å². The van der Waals surface area contributed by atoms with Gasteiger partial charge in [-0.05, 0) is 47.4 Å². The lowest BCUT2D eigenvalue weighted by Crippen LogP contribution is -2.42. The minimum absolute atomic E-state index is 0.0237. The Labute approximate surface area is 171 Å². The minimum Gasteiger partial charge on any atom is -0.489 e. The highest BCUT2D eigenvalue weighted by molar-refractivity contribution is 5.73. The predicted octanol–water partition coefficient (Wildman–Crippen LogP) is 4.76. The molecule has 0 bridgehead atoms. The van der Waals surface area contributed by atoms with Crippen molar-refractivity contribution in [2.24, 2.45) is 0 Å². The van der Waals surface area contributed by atoms with Crippen LogP contribution in [0.3, 0.4) is 0 Å². The van der Waals surface area contributed by atoms with Crippen molar-refractivity contribution in [2.45, 2.75) is 39.0 Å². The molecule has 0 unspecified atom stereocenters. The molecule has 0 saturated carbocycles. The zero-order valence-electron chi connectivity index (χ0n) is 16.7. The molecule has 0 radical (unpaired) electrons. The van der Waals surface area contributed by atoms with Crippen LogP contribution in [0, 0.1) is 0 Å². The number of fused-ring (bicyclic) bond motifs is 1. The van der Waals surface area contributed by atoms with Gasteiger partial charge in [-0.3, -0.25) is 4.79 Å². The first kappa shape index (κ1) is 19.1. The highest BCUT2D eigenvalue weighted by Crippen LogP contribution is 2.34. The lowest BCUT2D eigenvalue weighted by molar-refractivity contribution is -0.120. The molecule has 0 aromatic heterocycles. The molecular weight excluding hydrogens is 362 g/mol. The fourth-order valence-electron chi connectivity index (χ4n) is 3.61. The molecule has 1 N–H and O–H groups in total. The van der Waals surface area contributed by atoms with E-state index in [0.717, 1.165) is 34.6 Å². The summed E-state index contributed by atoms with van der Waals surface area (Å²) in [5, 5.41) is 2.92. The second-order valence-electron chi connectivity index (χ2n) is 7.47. The molecule has 0 saturated heterocycles. The smallest absolute Gasteiger partial charge is 0.217 e. The maximum atomic E-state index is 11.3. The molecule has 2 atom stereocenters. The molecule has 148 valence electrons. The number of benzene rings is 3. The summed E-state index contributed by atoms with van der Waals surface area (Å²) >= 11 is 0. The Kier molecular flexibility index (Phi) is 5.52. The second kappa shape index (κ2) is 8.39. The summed E-state index contributed by atoms with van der Waals surface area (Å²) in [7, 11) is 0. The predicted molar refractivity (Wildman–Crippen MR) is 114 cm³/mol. The van der Waals surface area contributed by atoms with E-state index in [1.165, 1.54) is 12.5 Å². The maximum Gasteiger partial charge on any atom is 0.217 e. The number of amides is 1. The lowest BCUT2D eigenvalue weighted by atomic mass is 10.0. The van der Waals surface area contributed by atoms with Gasteiger partial charge in [0.2, 0.25) is 5.91 Å². The van der Waals surface area contributed by atoms with E-state index in [1.54, 1.807) is 0 Å². The van der Waals surface area contributed by atoms with Crippen molar-refractivity contribution in [1.29, 1.82) is 0 Å². The van der Waals surface area contributed by atoms with Gasteiger partial charge >= 0.3 is 0 Å². The van der Waals surface area contributed by atoms with E-state index >= 15 is 0 Å². The number of hydrogen-bond acceptors (Lipinski definition) is 3. The third-order valence-corrected chi connectivity index (χ3v) is 5.19. The Morgan fingerprint density at radius 1 is 1.07 bits per heavy atom.